The fraction of sp³-hybridized carbons (Fsp3) is 0.760. The average molecular weight is 488 g/mol. The highest BCUT2D eigenvalue weighted by Crippen LogP contribution is 2.27. The molecule has 0 aromatic heterocycles. The van der Waals surface area contributed by atoms with Crippen molar-refractivity contribution in [3.05, 3.63) is 23.3 Å². The third-order valence-corrected chi connectivity index (χ3v) is 4.75. The molecule has 0 unspecified atom stereocenters. The highest BCUT2D eigenvalue weighted by molar-refractivity contribution is 5.57. The Morgan fingerprint density at radius 1 is 0.529 bits per heavy atom. The maximum absolute atomic E-state index is 5.86. The van der Waals surface area contributed by atoms with Gasteiger partial charge in [0, 0.05) is 26.9 Å². The Kier molecular flexibility index (Phi) is 18.8. The number of nitrogens with zero attached hydrogens (tertiary/aromatic N) is 1. The van der Waals surface area contributed by atoms with E-state index in [0.29, 0.717) is 92.5 Å². The number of benzene rings is 1. The number of hydrogen-bond donors (Lipinski definition) is 0. The SMILES string of the molecule is COCCOCCOCCOCCOCCOCCOCCOc1cc(C)c(N(C)C)cc1C. The summed E-state index contributed by atoms with van der Waals surface area (Å²) in [5.74, 6) is 0.903. The second kappa shape index (κ2) is 20.9. The standard InChI is InChI=1S/C25H45NO8/c1-22-21-25(23(2)20-24(22)26(3)4)34-19-18-33-17-16-32-15-14-31-13-12-30-11-10-29-9-8-28-7-6-27-5/h20-21H,6-19H2,1-5H3. The molecule has 0 spiro atoms. The molecule has 34 heavy (non-hydrogen) atoms. The number of rotatable bonds is 23. The van der Waals surface area contributed by atoms with Crippen molar-refractivity contribution >= 4 is 5.69 Å². The van der Waals surface area contributed by atoms with Gasteiger partial charge in [-0.2, -0.15) is 0 Å². The molecule has 0 radical (unpaired) electrons. The number of aryl methyl sites for hydroxylation is 2. The molecular formula is C25H45NO8. The first-order chi connectivity index (χ1) is 16.6. The first-order valence-corrected chi connectivity index (χ1v) is 11.9. The van der Waals surface area contributed by atoms with Crippen LogP contribution in [0.1, 0.15) is 11.1 Å². The third kappa shape index (κ3) is 15.4. The normalized spacial score (nSPS) is 11.2. The van der Waals surface area contributed by atoms with Gasteiger partial charge >= 0.3 is 0 Å². The molecule has 0 aliphatic rings. The molecule has 0 amide bonds. The van der Waals surface area contributed by atoms with Crippen LogP contribution in [0, 0.1) is 13.8 Å². The van der Waals surface area contributed by atoms with Gasteiger partial charge in [0.2, 0.25) is 0 Å². The molecule has 9 nitrogen and oxygen atoms in total. The molecule has 0 aliphatic carbocycles. The van der Waals surface area contributed by atoms with Crippen LogP contribution >= 0.6 is 0 Å². The van der Waals surface area contributed by atoms with Crippen LogP contribution < -0.4 is 9.64 Å². The maximum Gasteiger partial charge on any atom is 0.122 e. The largest absolute Gasteiger partial charge is 0.491 e. The molecule has 0 heterocycles. The minimum absolute atomic E-state index is 0.512. The molecule has 0 saturated heterocycles. The van der Waals surface area contributed by atoms with E-state index in [2.05, 4.69) is 30.9 Å². The second-order valence-corrected chi connectivity index (χ2v) is 7.81. The predicted octanol–water partition coefficient (Wildman–Crippen LogP) is 2.49. The first kappa shape index (κ1) is 30.6. The molecule has 0 saturated carbocycles. The predicted molar refractivity (Wildman–Crippen MR) is 133 cm³/mol. The summed E-state index contributed by atoms with van der Waals surface area (Å²) in [7, 11) is 5.74. The monoisotopic (exact) mass is 487 g/mol. The highest BCUT2D eigenvalue weighted by atomic mass is 16.6. The van der Waals surface area contributed by atoms with E-state index in [1.165, 1.54) is 11.3 Å². The summed E-state index contributed by atoms with van der Waals surface area (Å²) in [6.07, 6.45) is 0. The minimum Gasteiger partial charge on any atom is -0.491 e. The van der Waals surface area contributed by atoms with E-state index in [0.717, 1.165) is 11.3 Å². The van der Waals surface area contributed by atoms with E-state index in [4.69, 9.17) is 37.9 Å². The number of hydrogen-bond acceptors (Lipinski definition) is 9. The maximum atomic E-state index is 5.86. The Morgan fingerprint density at radius 2 is 0.912 bits per heavy atom. The number of methoxy groups -OCH3 is 1. The zero-order valence-corrected chi connectivity index (χ0v) is 21.8. The van der Waals surface area contributed by atoms with Crippen LogP contribution in [0.25, 0.3) is 0 Å². The Bertz CT molecular complexity index is 615. The van der Waals surface area contributed by atoms with Gasteiger partial charge in [0.15, 0.2) is 0 Å². The minimum atomic E-state index is 0.512. The van der Waals surface area contributed by atoms with Gasteiger partial charge in [0.1, 0.15) is 12.4 Å². The van der Waals surface area contributed by atoms with Gasteiger partial charge in [-0.25, -0.2) is 0 Å². The van der Waals surface area contributed by atoms with E-state index in [-0.39, 0.29) is 0 Å². The van der Waals surface area contributed by atoms with Crippen LogP contribution in [-0.4, -0.2) is 114 Å². The molecule has 1 rings (SSSR count). The summed E-state index contributed by atoms with van der Waals surface area (Å²) in [6.45, 7) is 11.8. The Labute approximate surface area is 205 Å². The molecule has 1 aromatic rings. The Morgan fingerprint density at radius 3 is 1.29 bits per heavy atom. The van der Waals surface area contributed by atoms with Gasteiger partial charge < -0.3 is 42.8 Å². The molecule has 0 N–H and O–H groups in total. The van der Waals surface area contributed by atoms with E-state index in [1.807, 2.05) is 14.1 Å². The van der Waals surface area contributed by atoms with E-state index in [9.17, 15) is 0 Å². The van der Waals surface area contributed by atoms with E-state index < -0.39 is 0 Å². The van der Waals surface area contributed by atoms with Crippen LogP contribution in [0.5, 0.6) is 5.75 Å². The van der Waals surface area contributed by atoms with E-state index >= 15 is 0 Å². The topological polar surface area (TPSA) is 77.1 Å². The van der Waals surface area contributed by atoms with Crippen molar-refractivity contribution in [2.75, 3.05) is 119 Å². The molecule has 0 bridgehead atoms. The fourth-order valence-corrected chi connectivity index (χ4v) is 2.97. The molecule has 0 aliphatic heterocycles. The van der Waals surface area contributed by atoms with Crippen molar-refractivity contribution in [2.24, 2.45) is 0 Å². The van der Waals surface area contributed by atoms with Crippen LogP contribution in [0.2, 0.25) is 0 Å². The van der Waals surface area contributed by atoms with Crippen LogP contribution in [0.15, 0.2) is 12.1 Å². The summed E-state index contributed by atoms with van der Waals surface area (Å²) < 4.78 is 43.4. The molecule has 9 heteroatoms. The van der Waals surface area contributed by atoms with Gasteiger partial charge in [0.05, 0.1) is 85.9 Å². The fourth-order valence-electron chi connectivity index (χ4n) is 2.97. The summed E-state index contributed by atoms with van der Waals surface area (Å²) in [5.41, 5.74) is 3.52. The van der Waals surface area contributed by atoms with Crippen molar-refractivity contribution < 1.29 is 37.9 Å². The van der Waals surface area contributed by atoms with Gasteiger partial charge in [-0.1, -0.05) is 0 Å². The third-order valence-electron chi connectivity index (χ3n) is 4.75. The lowest BCUT2D eigenvalue weighted by Gasteiger charge is -2.18. The van der Waals surface area contributed by atoms with Gasteiger partial charge in [-0.15, -0.1) is 0 Å². The van der Waals surface area contributed by atoms with E-state index in [1.54, 1.807) is 7.11 Å². The molecular weight excluding hydrogens is 442 g/mol. The second-order valence-electron chi connectivity index (χ2n) is 7.81. The smallest absolute Gasteiger partial charge is 0.122 e. The lowest BCUT2D eigenvalue weighted by molar-refractivity contribution is -0.0199. The molecule has 1 aromatic carbocycles. The highest BCUT2D eigenvalue weighted by Gasteiger charge is 2.07. The molecule has 0 fully saturated rings. The zero-order chi connectivity index (χ0) is 24.9. The lowest BCUT2D eigenvalue weighted by atomic mass is 10.1. The first-order valence-electron chi connectivity index (χ1n) is 11.9. The molecule has 198 valence electrons. The summed E-state index contributed by atoms with van der Waals surface area (Å²) >= 11 is 0. The van der Waals surface area contributed by atoms with Crippen molar-refractivity contribution in [3.8, 4) is 5.75 Å². The Balaban J connectivity index is 1.83. The van der Waals surface area contributed by atoms with Crippen LogP contribution in [-0.2, 0) is 33.2 Å². The zero-order valence-electron chi connectivity index (χ0n) is 21.8. The van der Waals surface area contributed by atoms with Crippen molar-refractivity contribution in [2.45, 2.75) is 13.8 Å². The van der Waals surface area contributed by atoms with Crippen molar-refractivity contribution in [1.29, 1.82) is 0 Å². The number of ether oxygens (including phenoxy) is 8. The van der Waals surface area contributed by atoms with Gasteiger partial charge in [-0.05, 0) is 37.1 Å². The van der Waals surface area contributed by atoms with Crippen LogP contribution in [0.3, 0.4) is 0 Å². The molecule has 0 atom stereocenters. The summed E-state index contributed by atoms with van der Waals surface area (Å²) in [6, 6.07) is 4.22. The van der Waals surface area contributed by atoms with Gasteiger partial charge in [0.25, 0.3) is 0 Å². The quantitative estimate of drug-likeness (QED) is 0.216. The van der Waals surface area contributed by atoms with Gasteiger partial charge in [-0.3, -0.25) is 0 Å². The summed E-state index contributed by atoms with van der Waals surface area (Å²) in [5, 5.41) is 0. The lowest BCUT2D eigenvalue weighted by Crippen LogP contribution is -2.15. The Hall–Kier alpha value is -1.46. The number of anilines is 1. The summed E-state index contributed by atoms with van der Waals surface area (Å²) in [4.78, 5) is 2.11. The average Bonchev–Trinajstić information content (AvgIpc) is 2.81. The van der Waals surface area contributed by atoms with Crippen molar-refractivity contribution in [3.63, 3.8) is 0 Å². The van der Waals surface area contributed by atoms with Crippen LogP contribution in [0.4, 0.5) is 5.69 Å². The van der Waals surface area contributed by atoms with Crippen molar-refractivity contribution in [1.82, 2.24) is 0 Å².